The molecule has 2 aromatic rings. The molecule has 0 bridgehead atoms. The van der Waals surface area contributed by atoms with Crippen LogP contribution >= 0.6 is 0 Å². The van der Waals surface area contributed by atoms with E-state index in [1.165, 1.54) is 12.1 Å². The molecule has 0 fully saturated rings. The average Bonchev–Trinajstić information content (AvgIpc) is 2.55. The van der Waals surface area contributed by atoms with E-state index in [1.807, 2.05) is 30.3 Å². The Hall–Kier alpha value is -3.42. The number of hydrogen-bond donors (Lipinski definition) is 3. The zero-order chi connectivity index (χ0) is 16.7. The number of hydrogen-bond acceptors (Lipinski definition) is 6. The van der Waals surface area contributed by atoms with Crippen LogP contribution in [-0.2, 0) is 4.79 Å². The topological polar surface area (TPSA) is 117 Å². The van der Waals surface area contributed by atoms with Crippen LogP contribution in [0.1, 0.15) is 5.56 Å². The first-order valence-electron chi connectivity index (χ1n) is 6.64. The Kier molecular flexibility index (Phi) is 5.24. The number of hydrazone groups is 1. The Morgan fingerprint density at radius 2 is 2.00 bits per heavy atom. The number of nitrogens with one attached hydrogen (secondary N) is 2. The number of nitro benzene ring substituents is 1. The van der Waals surface area contributed by atoms with Gasteiger partial charge in [0.25, 0.3) is 11.6 Å². The highest BCUT2D eigenvalue weighted by Crippen LogP contribution is 2.21. The van der Waals surface area contributed by atoms with E-state index in [0.29, 0.717) is 0 Å². The van der Waals surface area contributed by atoms with Crippen molar-refractivity contribution in [1.82, 2.24) is 5.43 Å². The van der Waals surface area contributed by atoms with Gasteiger partial charge in [-0.15, -0.1) is 0 Å². The lowest BCUT2D eigenvalue weighted by Gasteiger charge is -2.04. The van der Waals surface area contributed by atoms with E-state index in [9.17, 15) is 20.0 Å². The second-order valence-corrected chi connectivity index (χ2v) is 4.51. The van der Waals surface area contributed by atoms with Gasteiger partial charge in [0.2, 0.25) is 0 Å². The number of carbonyl (C=O) groups is 1. The Morgan fingerprint density at radius 3 is 2.70 bits per heavy atom. The zero-order valence-corrected chi connectivity index (χ0v) is 12.0. The molecule has 0 aromatic heterocycles. The lowest BCUT2D eigenvalue weighted by atomic mass is 10.2. The van der Waals surface area contributed by atoms with Gasteiger partial charge in [-0.25, -0.2) is 5.43 Å². The van der Waals surface area contributed by atoms with Gasteiger partial charge in [-0.2, -0.15) is 5.10 Å². The number of anilines is 1. The molecule has 3 N–H and O–H groups in total. The van der Waals surface area contributed by atoms with Crippen LogP contribution in [0.2, 0.25) is 0 Å². The number of nitrogens with zero attached hydrogens (tertiary/aromatic N) is 2. The third-order valence-electron chi connectivity index (χ3n) is 2.84. The number of phenols is 1. The minimum atomic E-state index is -0.584. The maximum absolute atomic E-state index is 11.6. The summed E-state index contributed by atoms with van der Waals surface area (Å²) in [5.41, 5.74) is 3.01. The molecule has 1 amide bonds. The summed E-state index contributed by atoms with van der Waals surface area (Å²) in [5.74, 6) is -0.564. The Balaban J connectivity index is 1.90. The van der Waals surface area contributed by atoms with E-state index in [1.54, 1.807) is 0 Å². The van der Waals surface area contributed by atoms with Crippen molar-refractivity contribution < 1.29 is 14.8 Å². The Morgan fingerprint density at radius 1 is 1.26 bits per heavy atom. The molecule has 0 aliphatic heterocycles. The Bertz CT molecular complexity index is 732. The standard InChI is InChI=1S/C15H14N4O4/c20-14-7-6-13(19(22)23)8-11(14)9-17-18-15(21)10-16-12-4-2-1-3-5-12/h1-9,16,20H,10H2,(H,18,21)/b17-9+. The van der Waals surface area contributed by atoms with Crippen molar-refractivity contribution in [3.05, 3.63) is 64.2 Å². The van der Waals surface area contributed by atoms with Crippen molar-refractivity contribution in [1.29, 1.82) is 0 Å². The van der Waals surface area contributed by atoms with Crippen LogP contribution in [0.15, 0.2) is 53.6 Å². The van der Waals surface area contributed by atoms with Crippen LogP contribution in [-0.4, -0.2) is 28.7 Å². The number of amides is 1. The van der Waals surface area contributed by atoms with Crippen LogP contribution in [0.4, 0.5) is 11.4 Å². The first-order chi connectivity index (χ1) is 11.1. The van der Waals surface area contributed by atoms with Crippen molar-refractivity contribution in [2.75, 3.05) is 11.9 Å². The maximum atomic E-state index is 11.6. The van der Waals surface area contributed by atoms with Crippen molar-refractivity contribution >= 4 is 23.5 Å². The van der Waals surface area contributed by atoms with Crippen LogP contribution in [0.25, 0.3) is 0 Å². The number of nitro groups is 1. The summed E-state index contributed by atoms with van der Waals surface area (Å²) in [4.78, 5) is 21.7. The molecule has 23 heavy (non-hydrogen) atoms. The largest absolute Gasteiger partial charge is 0.507 e. The molecule has 0 atom stereocenters. The predicted molar refractivity (Wildman–Crippen MR) is 85.4 cm³/mol. The molecule has 2 aromatic carbocycles. The van der Waals surface area contributed by atoms with Crippen LogP contribution in [0.5, 0.6) is 5.75 Å². The minimum absolute atomic E-state index is 0.0161. The van der Waals surface area contributed by atoms with Gasteiger partial charge in [-0.1, -0.05) is 18.2 Å². The van der Waals surface area contributed by atoms with Crippen molar-refractivity contribution in [2.45, 2.75) is 0 Å². The van der Waals surface area contributed by atoms with Gasteiger partial charge in [0, 0.05) is 23.4 Å². The molecule has 0 radical (unpaired) electrons. The molecule has 8 nitrogen and oxygen atoms in total. The third kappa shape index (κ3) is 4.81. The molecule has 118 valence electrons. The molecule has 0 saturated carbocycles. The second kappa shape index (κ2) is 7.55. The maximum Gasteiger partial charge on any atom is 0.270 e. The van der Waals surface area contributed by atoms with Gasteiger partial charge in [0.1, 0.15) is 5.75 Å². The summed E-state index contributed by atoms with van der Waals surface area (Å²) in [7, 11) is 0. The molecule has 0 saturated heterocycles. The number of non-ortho nitro benzene ring substituents is 1. The highest BCUT2D eigenvalue weighted by Gasteiger charge is 2.08. The number of rotatable bonds is 6. The summed E-state index contributed by atoms with van der Waals surface area (Å²) >= 11 is 0. The SMILES string of the molecule is O=C(CNc1ccccc1)N/N=C/c1cc([N+](=O)[O-])ccc1O. The lowest BCUT2D eigenvalue weighted by molar-refractivity contribution is -0.384. The van der Waals surface area contributed by atoms with Gasteiger partial charge < -0.3 is 10.4 Å². The first-order valence-corrected chi connectivity index (χ1v) is 6.64. The highest BCUT2D eigenvalue weighted by molar-refractivity contribution is 5.86. The van der Waals surface area contributed by atoms with Crippen LogP contribution < -0.4 is 10.7 Å². The molecule has 0 heterocycles. The van der Waals surface area contributed by atoms with Gasteiger partial charge in [0.15, 0.2) is 0 Å². The van der Waals surface area contributed by atoms with Crippen molar-refractivity contribution in [2.24, 2.45) is 5.10 Å². The number of para-hydroxylation sites is 1. The van der Waals surface area contributed by atoms with E-state index in [0.717, 1.165) is 18.0 Å². The fraction of sp³-hybridized carbons (Fsp3) is 0.0667. The van der Waals surface area contributed by atoms with Gasteiger partial charge >= 0.3 is 0 Å². The van der Waals surface area contributed by atoms with E-state index in [2.05, 4.69) is 15.8 Å². The fourth-order valence-electron chi connectivity index (χ4n) is 1.71. The minimum Gasteiger partial charge on any atom is -0.507 e. The molecule has 2 rings (SSSR count). The smallest absolute Gasteiger partial charge is 0.270 e. The molecule has 0 aliphatic carbocycles. The molecular weight excluding hydrogens is 300 g/mol. The van der Waals surface area contributed by atoms with E-state index in [-0.39, 0.29) is 23.5 Å². The van der Waals surface area contributed by atoms with Crippen LogP contribution in [0.3, 0.4) is 0 Å². The lowest BCUT2D eigenvalue weighted by Crippen LogP contribution is -2.25. The molecular formula is C15H14N4O4. The van der Waals surface area contributed by atoms with Crippen molar-refractivity contribution in [3.8, 4) is 5.75 Å². The van der Waals surface area contributed by atoms with Crippen molar-refractivity contribution in [3.63, 3.8) is 0 Å². The number of carbonyl (C=O) groups excluding carboxylic acids is 1. The Labute approximate surface area is 131 Å². The fourth-order valence-corrected chi connectivity index (χ4v) is 1.71. The zero-order valence-electron chi connectivity index (χ0n) is 12.0. The summed E-state index contributed by atoms with van der Waals surface area (Å²) in [5, 5.41) is 26.8. The number of aromatic hydroxyl groups is 1. The normalized spacial score (nSPS) is 10.4. The highest BCUT2D eigenvalue weighted by atomic mass is 16.6. The predicted octanol–water partition coefficient (Wildman–Crippen LogP) is 1.86. The monoisotopic (exact) mass is 314 g/mol. The van der Waals surface area contributed by atoms with Gasteiger partial charge in [-0.05, 0) is 18.2 Å². The first kappa shape index (κ1) is 16.0. The number of benzene rings is 2. The summed E-state index contributed by atoms with van der Waals surface area (Å²) in [6.45, 7) is 0.0161. The quantitative estimate of drug-likeness (QED) is 0.427. The van der Waals surface area contributed by atoms with E-state index in [4.69, 9.17) is 0 Å². The van der Waals surface area contributed by atoms with Gasteiger partial charge in [0.05, 0.1) is 17.7 Å². The summed E-state index contributed by atoms with van der Waals surface area (Å²) in [6, 6.07) is 12.7. The molecule has 0 spiro atoms. The third-order valence-corrected chi connectivity index (χ3v) is 2.84. The molecule has 0 unspecified atom stereocenters. The second-order valence-electron chi connectivity index (χ2n) is 4.51. The number of phenolic OH excluding ortho intramolecular Hbond substituents is 1. The average molecular weight is 314 g/mol. The summed E-state index contributed by atoms with van der Waals surface area (Å²) in [6.07, 6.45) is 1.14. The van der Waals surface area contributed by atoms with Crippen LogP contribution in [0, 0.1) is 10.1 Å². The van der Waals surface area contributed by atoms with E-state index < -0.39 is 10.8 Å². The molecule has 8 heteroatoms. The molecule has 0 aliphatic rings. The summed E-state index contributed by atoms with van der Waals surface area (Å²) < 4.78 is 0. The van der Waals surface area contributed by atoms with E-state index >= 15 is 0 Å². The van der Waals surface area contributed by atoms with Gasteiger partial charge in [-0.3, -0.25) is 14.9 Å².